The molecule has 4 aromatic carbocycles. The Labute approximate surface area is 374 Å². The Bertz CT molecular complexity index is 2270. The second kappa shape index (κ2) is 23.7. The van der Waals surface area contributed by atoms with Crippen molar-refractivity contribution in [2.24, 2.45) is 17.4 Å². The number of phenolic OH excluding ortho intramolecular Hbond substituents is 4. The molecule has 19 heteroatoms. The van der Waals surface area contributed by atoms with Gasteiger partial charge < -0.3 is 63.6 Å². The molecule has 0 aliphatic heterocycles. The van der Waals surface area contributed by atoms with E-state index in [1.54, 1.807) is 0 Å². The van der Waals surface area contributed by atoms with Crippen LogP contribution in [0.4, 0.5) is 0 Å². The number of carboxylic acids is 1. The summed E-state index contributed by atoms with van der Waals surface area (Å²) in [6, 6.07) is 14.1. The molecule has 0 heterocycles. The molecule has 14 N–H and O–H groups in total. The van der Waals surface area contributed by atoms with E-state index < -0.39 is 84.1 Å². The van der Waals surface area contributed by atoms with Gasteiger partial charge in [-0.3, -0.25) is 28.8 Å². The lowest BCUT2D eigenvalue weighted by Gasteiger charge is -2.27. The number of primary amides is 1. The lowest BCUT2D eigenvalue weighted by atomic mass is 10.0. The maximum absolute atomic E-state index is 14.3. The Morgan fingerprint density at radius 3 is 1.00 bits per heavy atom. The van der Waals surface area contributed by atoms with Crippen molar-refractivity contribution in [2.45, 2.75) is 88.6 Å². The molecule has 0 radical (unpaired) electrons. The van der Waals surface area contributed by atoms with Crippen LogP contribution in [-0.4, -0.2) is 103 Å². The Balaban J connectivity index is 1.64. The summed E-state index contributed by atoms with van der Waals surface area (Å²) < 4.78 is 0. The van der Waals surface area contributed by atoms with E-state index in [0.29, 0.717) is 22.3 Å². The van der Waals surface area contributed by atoms with Crippen LogP contribution in [0.5, 0.6) is 23.0 Å². The third-order valence-corrected chi connectivity index (χ3v) is 10.1. The van der Waals surface area contributed by atoms with Crippen LogP contribution in [0.1, 0.15) is 48.9 Å². The Morgan fingerprint density at radius 2 is 0.708 bits per heavy atom. The summed E-state index contributed by atoms with van der Waals surface area (Å²) in [7, 11) is 0. The molecule has 4 rings (SSSR count). The third-order valence-electron chi connectivity index (χ3n) is 10.1. The zero-order valence-electron chi connectivity index (χ0n) is 35.8. The van der Waals surface area contributed by atoms with Gasteiger partial charge in [-0.25, -0.2) is 4.79 Å². The highest BCUT2D eigenvalue weighted by Gasteiger charge is 2.34. The first-order valence-corrected chi connectivity index (χ1v) is 20.7. The van der Waals surface area contributed by atoms with Crippen molar-refractivity contribution in [3.8, 4) is 23.0 Å². The average Bonchev–Trinajstić information content (AvgIpc) is 3.24. The molecule has 6 atom stereocenters. The molecule has 0 bridgehead atoms. The van der Waals surface area contributed by atoms with E-state index >= 15 is 0 Å². The van der Waals surface area contributed by atoms with Gasteiger partial charge in [-0.05, 0) is 83.1 Å². The van der Waals surface area contributed by atoms with Gasteiger partial charge in [-0.1, -0.05) is 62.4 Å². The fourth-order valence-corrected chi connectivity index (χ4v) is 6.69. The van der Waals surface area contributed by atoms with Crippen LogP contribution in [0.15, 0.2) is 97.1 Å². The number of nitrogens with two attached hydrogens (primary N) is 2. The number of carbonyl (C=O) groups excluding carboxylic acids is 6. The molecule has 0 aliphatic carbocycles. The van der Waals surface area contributed by atoms with Crippen molar-refractivity contribution in [2.75, 3.05) is 0 Å². The maximum Gasteiger partial charge on any atom is 0.326 e. The summed E-state index contributed by atoms with van der Waals surface area (Å²) in [5.74, 6) is -7.23. The number of aliphatic carboxylic acids is 1. The predicted octanol–water partition coefficient (Wildman–Crippen LogP) is 0.537. The molecule has 0 saturated carbocycles. The molecule has 0 saturated heterocycles. The minimum atomic E-state index is -1.72. The van der Waals surface area contributed by atoms with Gasteiger partial charge in [0.05, 0.1) is 12.5 Å². The van der Waals surface area contributed by atoms with Crippen molar-refractivity contribution >= 4 is 41.4 Å². The zero-order chi connectivity index (χ0) is 47.8. The first-order valence-electron chi connectivity index (χ1n) is 20.7. The van der Waals surface area contributed by atoms with Gasteiger partial charge in [-0.2, -0.15) is 0 Å². The number of rotatable bonds is 23. The van der Waals surface area contributed by atoms with Crippen LogP contribution in [0.3, 0.4) is 0 Å². The lowest BCUT2D eigenvalue weighted by Crippen LogP contribution is -2.60. The number of nitrogens with one attached hydrogen (secondary N) is 5. The van der Waals surface area contributed by atoms with Crippen LogP contribution in [-0.2, 0) is 59.2 Å². The number of carbonyl (C=O) groups is 7. The smallest absolute Gasteiger partial charge is 0.326 e. The standard InChI is InChI=1S/C46H55N7O12/c1-25(2)19-34(47)41(59)49-35(20-26-3-11-30(54)12-4-26)42(60)52-38(24-40(48)58)45(63)51-36(21-27-5-13-31(55)14-6-27)43(61)50-37(22-28-7-15-32(56)16-8-28)44(62)53-39(46(64)65)23-29-9-17-33(57)18-10-29/h3-18,25,34-39,54-57H,19-24,47H2,1-2H3,(H2,48,58)(H,49,59)(H,50,61)(H,51,63)(H,52,60)(H,53,62)(H,64,65)/t34-,35-,36-,37-,38+,39+/m1/s1. The van der Waals surface area contributed by atoms with Crippen LogP contribution < -0.4 is 38.1 Å². The number of hydrogen-bond acceptors (Lipinski definition) is 12. The molecule has 0 aliphatic rings. The quantitative estimate of drug-likeness (QED) is 0.0484. The van der Waals surface area contributed by atoms with E-state index in [1.807, 2.05) is 13.8 Å². The van der Waals surface area contributed by atoms with Crippen LogP contribution >= 0.6 is 0 Å². The largest absolute Gasteiger partial charge is 0.508 e. The van der Waals surface area contributed by atoms with E-state index in [-0.39, 0.29) is 61.0 Å². The number of phenols is 4. The fourth-order valence-electron chi connectivity index (χ4n) is 6.69. The highest BCUT2D eigenvalue weighted by atomic mass is 16.4. The average molecular weight is 898 g/mol. The zero-order valence-corrected chi connectivity index (χ0v) is 35.8. The third kappa shape index (κ3) is 16.5. The molecule has 0 unspecified atom stereocenters. The summed E-state index contributed by atoms with van der Waals surface area (Å²) in [5.41, 5.74) is 13.4. The van der Waals surface area contributed by atoms with E-state index in [0.717, 1.165) is 0 Å². The number of aromatic hydroxyl groups is 4. The van der Waals surface area contributed by atoms with E-state index in [2.05, 4.69) is 26.6 Å². The summed E-state index contributed by atoms with van der Waals surface area (Å²) in [5, 5.41) is 61.9. The molecule has 6 amide bonds. The minimum Gasteiger partial charge on any atom is -0.508 e. The van der Waals surface area contributed by atoms with Crippen molar-refractivity contribution in [3.05, 3.63) is 119 Å². The van der Waals surface area contributed by atoms with Crippen molar-refractivity contribution in [3.63, 3.8) is 0 Å². The number of amides is 6. The highest BCUT2D eigenvalue weighted by Crippen LogP contribution is 2.17. The van der Waals surface area contributed by atoms with Gasteiger partial charge in [0.15, 0.2) is 0 Å². The Hall–Kier alpha value is -7.67. The number of carboxylic acid groups (broad SMARTS) is 1. The predicted molar refractivity (Wildman–Crippen MR) is 236 cm³/mol. The molecular formula is C46H55N7O12. The summed E-state index contributed by atoms with van der Waals surface area (Å²) in [6.45, 7) is 3.72. The maximum atomic E-state index is 14.3. The second-order valence-corrected chi connectivity index (χ2v) is 16.0. The normalized spacial score (nSPS) is 13.8. The number of benzene rings is 4. The molecule has 19 nitrogen and oxygen atoms in total. The minimum absolute atomic E-state index is 0.0335. The van der Waals surface area contributed by atoms with Crippen LogP contribution in [0.25, 0.3) is 0 Å². The number of hydrogen-bond donors (Lipinski definition) is 12. The second-order valence-electron chi connectivity index (χ2n) is 16.0. The Kier molecular flexibility index (Phi) is 18.2. The molecular weight excluding hydrogens is 843 g/mol. The van der Waals surface area contributed by atoms with E-state index in [9.17, 15) is 59.1 Å². The van der Waals surface area contributed by atoms with E-state index in [4.69, 9.17) is 11.5 Å². The molecule has 4 aromatic rings. The molecule has 0 fully saturated rings. The first kappa shape index (κ1) is 50.0. The molecule has 346 valence electrons. The molecule has 0 spiro atoms. The van der Waals surface area contributed by atoms with Gasteiger partial charge in [0.25, 0.3) is 0 Å². The molecule has 0 aromatic heterocycles. The fraction of sp³-hybridized carbons (Fsp3) is 0.326. The van der Waals surface area contributed by atoms with Crippen LogP contribution in [0, 0.1) is 5.92 Å². The van der Waals surface area contributed by atoms with Crippen molar-refractivity contribution in [1.29, 1.82) is 0 Å². The first-order chi connectivity index (χ1) is 30.8. The van der Waals surface area contributed by atoms with Gasteiger partial charge in [-0.15, -0.1) is 0 Å². The van der Waals surface area contributed by atoms with Gasteiger partial charge >= 0.3 is 5.97 Å². The van der Waals surface area contributed by atoms with Crippen LogP contribution in [0.2, 0.25) is 0 Å². The monoisotopic (exact) mass is 897 g/mol. The van der Waals surface area contributed by atoms with Crippen molar-refractivity contribution < 1.29 is 59.1 Å². The van der Waals surface area contributed by atoms with Crippen molar-refractivity contribution in [1.82, 2.24) is 26.6 Å². The van der Waals surface area contributed by atoms with E-state index in [1.165, 1.54) is 97.1 Å². The van der Waals surface area contributed by atoms with Gasteiger partial charge in [0.2, 0.25) is 35.4 Å². The Morgan fingerprint density at radius 1 is 0.446 bits per heavy atom. The highest BCUT2D eigenvalue weighted by molar-refractivity contribution is 5.98. The lowest BCUT2D eigenvalue weighted by molar-refractivity contribution is -0.142. The summed E-state index contributed by atoms with van der Waals surface area (Å²) in [6.07, 6.45) is -1.30. The topological polar surface area (TPSA) is 333 Å². The van der Waals surface area contributed by atoms with Gasteiger partial charge in [0, 0.05) is 25.7 Å². The summed E-state index contributed by atoms with van der Waals surface area (Å²) >= 11 is 0. The molecule has 65 heavy (non-hydrogen) atoms. The SMILES string of the molecule is CC(C)C[C@@H](N)C(=O)N[C@H](Cc1ccc(O)cc1)C(=O)N[C@@H](CC(N)=O)C(=O)N[C@H](Cc1ccc(O)cc1)C(=O)N[C@H](Cc1ccc(O)cc1)C(=O)N[C@@H](Cc1ccc(O)cc1)C(=O)O. The summed E-state index contributed by atoms with van der Waals surface area (Å²) in [4.78, 5) is 94.2. The van der Waals surface area contributed by atoms with Gasteiger partial charge in [0.1, 0.15) is 53.2 Å².